The normalized spacial score (nSPS) is 10.5. The molecule has 13 heavy (non-hydrogen) atoms. The summed E-state index contributed by atoms with van der Waals surface area (Å²) in [6.07, 6.45) is 6.92. The summed E-state index contributed by atoms with van der Waals surface area (Å²) in [5, 5.41) is 0.683. The zero-order chi connectivity index (χ0) is 9.10. The Morgan fingerprint density at radius 1 is 1.46 bits per heavy atom. The lowest BCUT2D eigenvalue weighted by atomic mass is 10.7. The number of rotatable bonds is 3. The van der Waals surface area contributed by atoms with Crippen molar-refractivity contribution >= 4 is 11.8 Å². The number of nitrogens with zero attached hydrogens (tertiary/aromatic N) is 3. The molecule has 0 aliphatic carbocycles. The summed E-state index contributed by atoms with van der Waals surface area (Å²) in [5.41, 5.74) is 0. The first-order valence-corrected chi connectivity index (χ1v) is 4.83. The van der Waals surface area contributed by atoms with Crippen molar-refractivity contribution < 1.29 is 4.42 Å². The number of aromatic nitrogens is 3. The third-order valence-corrected chi connectivity index (χ3v) is 2.51. The van der Waals surface area contributed by atoms with Gasteiger partial charge in [0.1, 0.15) is 12.1 Å². The molecule has 0 amide bonds. The Bertz CT molecular complexity index is 368. The first-order chi connectivity index (χ1) is 6.36. The Morgan fingerprint density at radius 2 is 2.38 bits per heavy atom. The van der Waals surface area contributed by atoms with Gasteiger partial charge in [0, 0.05) is 19.4 Å². The van der Waals surface area contributed by atoms with Crippen molar-refractivity contribution in [2.75, 3.05) is 0 Å². The SMILES string of the molecule is Cn1ccnc1CSc1ncco1. The van der Waals surface area contributed by atoms with E-state index in [0.717, 1.165) is 11.6 Å². The zero-order valence-electron chi connectivity index (χ0n) is 7.17. The van der Waals surface area contributed by atoms with Gasteiger partial charge in [-0.25, -0.2) is 9.97 Å². The Morgan fingerprint density at radius 3 is 3.00 bits per heavy atom. The van der Waals surface area contributed by atoms with Gasteiger partial charge in [-0.05, 0) is 0 Å². The van der Waals surface area contributed by atoms with Crippen molar-refractivity contribution in [1.29, 1.82) is 0 Å². The molecule has 5 heteroatoms. The van der Waals surface area contributed by atoms with Crippen molar-refractivity contribution in [3.63, 3.8) is 0 Å². The predicted octanol–water partition coefficient (Wildman–Crippen LogP) is 1.70. The van der Waals surface area contributed by atoms with E-state index in [1.54, 1.807) is 18.7 Å². The molecule has 2 heterocycles. The quantitative estimate of drug-likeness (QED) is 0.699. The first kappa shape index (κ1) is 8.37. The molecule has 0 unspecified atom stereocenters. The summed E-state index contributed by atoms with van der Waals surface area (Å²) in [6.45, 7) is 0. The van der Waals surface area contributed by atoms with Crippen molar-refractivity contribution in [3.8, 4) is 0 Å². The van der Waals surface area contributed by atoms with E-state index in [4.69, 9.17) is 4.42 Å². The summed E-state index contributed by atoms with van der Waals surface area (Å²) in [4.78, 5) is 8.19. The lowest BCUT2D eigenvalue weighted by Crippen LogP contribution is -1.94. The Hall–Kier alpha value is -1.23. The number of hydrogen-bond acceptors (Lipinski definition) is 4. The van der Waals surface area contributed by atoms with Crippen molar-refractivity contribution in [1.82, 2.24) is 14.5 Å². The molecular formula is C8H9N3OS. The van der Waals surface area contributed by atoms with Gasteiger partial charge < -0.3 is 8.98 Å². The highest BCUT2D eigenvalue weighted by Gasteiger charge is 2.02. The lowest BCUT2D eigenvalue weighted by molar-refractivity contribution is 0.454. The van der Waals surface area contributed by atoms with Crippen LogP contribution >= 0.6 is 11.8 Å². The second-order valence-electron chi connectivity index (χ2n) is 2.54. The standard InChI is InChI=1S/C8H9N3OS/c1-11-4-2-9-7(11)6-13-8-10-3-5-12-8/h2-5H,6H2,1H3. The maximum absolute atomic E-state index is 5.09. The number of oxazole rings is 1. The van der Waals surface area contributed by atoms with Crippen molar-refractivity contribution in [2.24, 2.45) is 7.05 Å². The van der Waals surface area contributed by atoms with Gasteiger partial charge in [0.25, 0.3) is 5.22 Å². The van der Waals surface area contributed by atoms with E-state index >= 15 is 0 Å². The smallest absolute Gasteiger partial charge is 0.255 e. The number of hydrogen-bond donors (Lipinski definition) is 0. The summed E-state index contributed by atoms with van der Waals surface area (Å²) >= 11 is 1.54. The van der Waals surface area contributed by atoms with Gasteiger partial charge in [0.2, 0.25) is 0 Å². The third kappa shape index (κ3) is 1.92. The van der Waals surface area contributed by atoms with E-state index in [0.29, 0.717) is 5.22 Å². The van der Waals surface area contributed by atoms with Gasteiger partial charge in [0.15, 0.2) is 0 Å². The summed E-state index contributed by atoms with van der Waals surface area (Å²) in [5.74, 6) is 1.80. The molecule has 0 aromatic carbocycles. The average Bonchev–Trinajstić information content (AvgIpc) is 2.72. The van der Waals surface area contributed by atoms with Gasteiger partial charge >= 0.3 is 0 Å². The molecule has 2 aromatic heterocycles. The molecule has 0 saturated carbocycles. The Labute approximate surface area is 80.0 Å². The van der Waals surface area contributed by atoms with Crippen LogP contribution < -0.4 is 0 Å². The molecule has 2 aromatic rings. The van der Waals surface area contributed by atoms with Gasteiger partial charge in [-0.1, -0.05) is 11.8 Å². The van der Waals surface area contributed by atoms with Crippen LogP contribution in [0.5, 0.6) is 0 Å². The number of aryl methyl sites for hydroxylation is 1. The van der Waals surface area contributed by atoms with E-state index in [9.17, 15) is 0 Å². The molecule has 0 saturated heterocycles. The van der Waals surface area contributed by atoms with Crippen LogP contribution in [-0.2, 0) is 12.8 Å². The van der Waals surface area contributed by atoms with Gasteiger partial charge in [0.05, 0.1) is 11.9 Å². The first-order valence-electron chi connectivity index (χ1n) is 3.85. The fourth-order valence-corrected chi connectivity index (χ4v) is 1.73. The minimum atomic E-state index is 0.683. The summed E-state index contributed by atoms with van der Waals surface area (Å²) < 4.78 is 7.07. The molecule has 0 aliphatic heterocycles. The minimum Gasteiger partial charge on any atom is -0.440 e. The topological polar surface area (TPSA) is 43.9 Å². The minimum absolute atomic E-state index is 0.683. The monoisotopic (exact) mass is 195 g/mol. The second-order valence-corrected chi connectivity index (χ2v) is 3.47. The molecule has 0 aliphatic rings. The second kappa shape index (κ2) is 3.66. The largest absolute Gasteiger partial charge is 0.440 e. The predicted molar refractivity (Wildman–Crippen MR) is 49.3 cm³/mol. The van der Waals surface area contributed by atoms with E-state index in [2.05, 4.69) is 9.97 Å². The Balaban J connectivity index is 1.97. The van der Waals surface area contributed by atoms with Gasteiger partial charge in [-0.15, -0.1) is 0 Å². The molecule has 4 nitrogen and oxygen atoms in total. The molecule has 0 bridgehead atoms. The molecule has 0 atom stereocenters. The highest BCUT2D eigenvalue weighted by Crippen LogP contribution is 2.19. The van der Waals surface area contributed by atoms with Gasteiger partial charge in [-0.2, -0.15) is 0 Å². The maximum Gasteiger partial charge on any atom is 0.255 e. The van der Waals surface area contributed by atoms with E-state index in [-0.39, 0.29) is 0 Å². The number of imidazole rings is 1. The zero-order valence-corrected chi connectivity index (χ0v) is 7.99. The summed E-state index contributed by atoms with van der Waals surface area (Å²) in [6, 6.07) is 0. The Kier molecular flexibility index (Phi) is 2.35. The average molecular weight is 195 g/mol. The molecule has 68 valence electrons. The van der Waals surface area contributed by atoms with Crippen LogP contribution in [0.15, 0.2) is 34.5 Å². The fourth-order valence-electron chi connectivity index (χ4n) is 0.943. The lowest BCUT2D eigenvalue weighted by Gasteiger charge is -1.97. The fraction of sp³-hybridized carbons (Fsp3) is 0.250. The van der Waals surface area contributed by atoms with Crippen LogP contribution in [0.4, 0.5) is 0 Å². The van der Waals surface area contributed by atoms with Crippen LogP contribution in [0.2, 0.25) is 0 Å². The molecule has 0 N–H and O–H groups in total. The van der Waals surface area contributed by atoms with Crippen LogP contribution in [0, 0.1) is 0 Å². The summed E-state index contributed by atoms with van der Waals surface area (Å²) in [7, 11) is 1.97. The molecule has 0 spiro atoms. The van der Waals surface area contributed by atoms with E-state index < -0.39 is 0 Å². The van der Waals surface area contributed by atoms with Crippen LogP contribution in [0.1, 0.15) is 5.82 Å². The van der Waals surface area contributed by atoms with Crippen molar-refractivity contribution in [2.45, 2.75) is 11.0 Å². The maximum atomic E-state index is 5.09. The van der Waals surface area contributed by atoms with Crippen molar-refractivity contribution in [3.05, 3.63) is 30.7 Å². The van der Waals surface area contributed by atoms with Crippen LogP contribution in [0.25, 0.3) is 0 Å². The molecule has 2 rings (SSSR count). The molecule has 0 radical (unpaired) electrons. The van der Waals surface area contributed by atoms with Crippen LogP contribution in [0.3, 0.4) is 0 Å². The molecular weight excluding hydrogens is 186 g/mol. The van der Waals surface area contributed by atoms with Crippen LogP contribution in [-0.4, -0.2) is 14.5 Å². The van der Waals surface area contributed by atoms with E-state index in [1.165, 1.54) is 11.8 Å². The highest BCUT2D eigenvalue weighted by molar-refractivity contribution is 7.98. The third-order valence-electron chi connectivity index (χ3n) is 1.66. The highest BCUT2D eigenvalue weighted by atomic mass is 32.2. The van der Waals surface area contributed by atoms with E-state index in [1.807, 2.05) is 17.8 Å². The number of thioether (sulfide) groups is 1. The van der Waals surface area contributed by atoms with Gasteiger partial charge in [-0.3, -0.25) is 0 Å². The molecule has 0 fully saturated rings.